The molecule has 2 amide bonds. The molecule has 2 heterocycles. The number of rotatable bonds is 3. The molecule has 22 heavy (non-hydrogen) atoms. The fourth-order valence-corrected chi connectivity index (χ4v) is 2.48. The Kier molecular flexibility index (Phi) is 3.91. The Hall–Kier alpha value is -2.63. The average molecular weight is 299 g/mol. The number of aromatic nitrogens is 1. The predicted molar refractivity (Wildman–Crippen MR) is 80.8 cm³/mol. The molecule has 1 aromatic carbocycles. The van der Waals surface area contributed by atoms with Crippen molar-refractivity contribution in [2.45, 2.75) is 19.8 Å². The highest BCUT2D eigenvalue weighted by atomic mass is 16.5. The summed E-state index contributed by atoms with van der Waals surface area (Å²) < 4.78 is 4.89. The highest BCUT2D eigenvalue weighted by molar-refractivity contribution is 6.04. The molecule has 1 aliphatic heterocycles. The average Bonchev–Trinajstić information content (AvgIpc) is 3.18. The zero-order chi connectivity index (χ0) is 15.5. The van der Waals surface area contributed by atoms with Gasteiger partial charge in [0, 0.05) is 30.3 Å². The molecule has 6 heteroatoms. The number of carbonyl (C=O) groups is 2. The number of nitrogens with zero attached hydrogens (tertiary/aromatic N) is 2. The zero-order valence-electron chi connectivity index (χ0n) is 12.3. The maximum Gasteiger partial charge on any atom is 0.256 e. The SMILES string of the molecule is Cc1cc(NC(=O)c2ccc(C(=O)N3CCCC3)cc2)no1. The van der Waals surface area contributed by atoms with Gasteiger partial charge in [0.05, 0.1) is 0 Å². The van der Waals surface area contributed by atoms with E-state index in [4.69, 9.17) is 4.52 Å². The van der Waals surface area contributed by atoms with Crippen LogP contribution >= 0.6 is 0 Å². The lowest BCUT2D eigenvalue weighted by Crippen LogP contribution is -2.27. The summed E-state index contributed by atoms with van der Waals surface area (Å²) in [7, 11) is 0. The van der Waals surface area contributed by atoms with Gasteiger partial charge in [0.15, 0.2) is 5.82 Å². The van der Waals surface area contributed by atoms with Crippen molar-refractivity contribution in [3.63, 3.8) is 0 Å². The molecule has 1 N–H and O–H groups in total. The third kappa shape index (κ3) is 3.00. The van der Waals surface area contributed by atoms with E-state index in [0.29, 0.717) is 22.7 Å². The van der Waals surface area contributed by atoms with Crippen LogP contribution in [0.5, 0.6) is 0 Å². The molecule has 0 aliphatic carbocycles. The van der Waals surface area contributed by atoms with E-state index in [1.54, 1.807) is 37.3 Å². The molecule has 0 bridgehead atoms. The van der Waals surface area contributed by atoms with Crippen molar-refractivity contribution < 1.29 is 14.1 Å². The Balaban J connectivity index is 1.68. The molecule has 1 saturated heterocycles. The van der Waals surface area contributed by atoms with Crippen LogP contribution in [0.2, 0.25) is 0 Å². The van der Waals surface area contributed by atoms with Crippen molar-refractivity contribution in [3.05, 3.63) is 47.2 Å². The van der Waals surface area contributed by atoms with Crippen molar-refractivity contribution in [1.82, 2.24) is 10.1 Å². The fraction of sp³-hybridized carbons (Fsp3) is 0.312. The Labute approximate surface area is 128 Å². The molecular formula is C16H17N3O3. The molecule has 2 aromatic rings. The quantitative estimate of drug-likeness (QED) is 0.944. The molecule has 114 valence electrons. The minimum Gasteiger partial charge on any atom is -0.360 e. The first kappa shape index (κ1) is 14.3. The summed E-state index contributed by atoms with van der Waals surface area (Å²) in [6.07, 6.45) is 2.12. The van der Waals surface area contributed by atoms with E-state index in [-0.39, 0.29) is 11.8 Å². The number of amides is 2. The molecule has 0 saturated carbocycles. The third-order valence-corrected chi connectivity index (χ3v) is 3.66. The summed E-state index contributed by atoms with van der Waals surface area (Å²) in [4.78, 5) is 26.1. The van der Waals surface area contributed by atoms with Crippen LogP contribution in [0.25, 0.3) is 0 Å². The van der Waals surface area contributed by atoms with Crippen molar-refractivity contribution in [3.8, 4) is 0 Å². The van der Waals surface area contributed by atoms with Gasteiger partial charge in [-0.1, -0.05) is 5.16 Å². The number of hydrogen-bond donors (Lipinski definition) is 1. The fourth-order valence-electron chi connectivity index (χ4n) is 2.48. The molecule has 1 aromatic heterocycles. The van der Waals surface area contributed by atoms with Crippen LogP contribution < -0.4 is 5.32 Å². The van der Waals surface area contributed by atoms with E-state index in [1.807, 2.05) is 4.90 Å². The largest absolute Gasteiger partial charge is 0.360 e. The number of hydrogen-bond acceptors (Lipinski definition) is 4. The Morgan fingerprint density at radius 2 is 1.77 bits per heavy atom. The maximum atomic E-state index is 12.2. The van der Waals surface area contributed by atoms with Gasteiger partial charge in [0.25, 0.3) is 11.8 Å². The predicted octanol–water partition coefficient (Wildman–Crippen LogP) is 2.47. The number of carbonyl (C=O) groups excluding carboxylic acids is 2. The van der Waals surface area contributed by atoms with Crippen molar-refractivity contribution in [1.29, 1.82) is 0 Å². The van der Waals surface area contributed by atoms with Gasteiger partial charge in [-0.05, 0) is 44.0 Å². The molecule has 3 rings (SSSR count). The zero-order valence-corrected chi connectivity index (χ0v) is 12.3. The Morgan fingerprint density at radius 3 is 2.36 bits per heavy atom. The van der Waals surface area contributed by atoms with Gasteiger partial charge in [-0.3, -0.25) is 9.59 Å². The summed E-state index contributed by atoms with van der Waals surface area (Å²) in [5.74, 6) is 0.742. The normalized spacial score (nSPS) is 14.1. The molecule has 0 atom stereocenters. The van der Waals surface area contributed by atoms with Gasteiger partial charge in [0.1, 0.15) is 5.76 Å². The van der Waals surface area contributed by atoms with Gasteiger partial charge in [-0.2, -0.15) is 0 Å². The highest BCUT2D eigenvalue weighted by Crippen LogP contribution is 2.14. The molecule has 0 radical (unpaired) electrons. The summed E-state index contributed by atoms with van der Waals surface area (Å²) in [6, 6.07) is 8.30. The van der Waals surface area contributed by atoms with Gasteiger partial charge < -0.3 is 14.7 Å². The van der Waals surface area contributed by atoms with Crippen molar-refractivity contribution in [2.75, 3.05) is 18.4 Å². The van der Waals surface area contributed by atoms with E-state index in [2.05, 4.69) is 10.5 Å². The second-order valence-electron chi connectivity index (χ2n) is 5.35. The van der Waals surface area contributed by atoms with Gasteiger partial charge >= 0.3 is 0 Å². The minimum atomic E-state index is -0.284. The lowest BCUT2D eigenvalue weighted by Gasteiger charge is -2.15. The van der Waals surface area contributed by atoms with Gasteiger partial charge in [-0.15, -0.1) is 0 Å². The maximum absolute atomic E-state index is 12.2. The molecule has 0 unspecified atom stereocenters. The first-order valence-corrected chi connectivity index (χ1v) is 7.27. The summed E-state index contributed by atoms with van der Waals surface area (Å²) in [6.45, 7) is 3.38. The summed E-state index contributed by atoms with van der Waals surface area (Å²) in [5.41, 5.74) is 1.08. The number of aryl methyl sites for hydroxylation is 1. The number of anilines is 1. The van der Waals surface area contributed by atoms with E-state index in [9.17, 15) is 9.59 Å². The van der Waals surface area contributed by atoms with Gasteiger partial charge in [0.2, 0.25) is 0 Å². The van der Waals surface area contributed by atoms with Crippen molar-refractivity contribution >= 4 is 17.6 Å². The minimum absolute atomic E-state index is 0.0246. The number of likely N-dealkylation sites (tertiary alicyclic amines) is 1. The van der Waals surface area contributed by atoms with Crippen LogP contribution in [0.4, 0.5) is 5.82 Å². The van der Waals surface area contributed by atoms with Crippen LogP contribution in [0.3, 0.4) is 0 Å². The third-order valence-electron chi connectivity index (χ3n) is 3.66. The van der Waals surface area contributed by atoms with E-state index in [1.165, 1.54) is 0 Å². The van der Waals surface area contributed by atoms with E-state index >= 15 is 0 Å². The summed E-state index contributed by atoms with van der Waals surface area (Å²) in [5, 5.41) is 6.36. The van der Waals surface area contributed by atoms with Crippen LogP contribution in [0.15, 0.2) is 34.9 Å². The first-order chi connectivity index (χ1) is 10.6. The standard InChI is InChI=1S/C16H17N3O3/c1-11-10-14(18-22-11)17-15(20)12-4-6-13(7-5-12)16(21)19-8-2-3-9-19/h4-7,10H,2-3,8-9H2,1H3,(H,17,18,20). The van der Waals surface area contributed by atoms with Crippen LogP contribution in [-0.2, 0) is 0 Å². The lowest BCUT2D eigenvalue weighted by atomic mass is 10.1. The Morgan fingerprint density at radius 1 is 1.14 bits per heavy atom. The van der Waals surface area contributed by atoms with Crippen LogP contribution in [-0.4, -0.2) is 35.0 Å². The molecular weight excluding hydrogens is 282 g/mol. The smallest absolute Gasteiger partial charge is 0.256 e. The molecule has 1 fully saturated rings. The second-order valence-corrected chi connectivity index (χ2v) is 5.35. The number of nitrogens with one attached hydrogen (secondary N) is 1. The van der Waals surface area contributed by atoms with Crippen molar-refractivity contribution in [2.24, 2.45) is 0 Å². The number of benzene rings is 1. The van der Waals surface area contributed by atoms with Gasteiger partial charge in [-0.25, -0.2) is 0 Å². The highest BCUT2D eigenvalue weighted by Gasteiger charge is 2.19. The molecule has 1 aliphatic rings. The molecule has 6 nitrogen and oxygen atoms in total. The second kappa shape index (κ2) is 6.01. The van der Waals surface area contributed by atoms with E-state index < -0.39 is 0 Å². The van der Waals surface area contributed by atoms with Crippen LogP contribution in [0, 0.1) is 6.92 Å². The van der Waals surface area contributed by atoms with Crippen LogP contribution in [0.1, 0.15) is 39.3 Å². The Bertz CT molecular complexity index is 685. The van der Waals surface area contributed by atoms with E-state index in [0.717, 1.165) is 25.9 Å². The first-order valence-electron chi connectivity index (χ1n) is 7.27. The topological polar surface area (TPSA) is 75.4 Å². The molecule has 0 spiro atoms. The summed E-state index contributed by atoms with van der Waals surface area (Å²) >= 11 is 0. The lowest BCUT2D eigenvalue weighted by molar-refractivity contribution is 0.0792. The monoisotopic (exact) mass is 299 g/mol.